The molecule has 2 saturated heterocycles. The number of benzene rings is 1. The summed E-state index contributed by atoms with van der Waals surface area (Å²) in [7, 11) is 0. The largest absolute Gasteiger partial charge is 0.444 e. The van der Waals surface area contributed by atoms with Gasteiger partial charge in [-0.3, -0.25) is 9.89 Å². The molecule has 3 heterocycles. The van der Waals surface area contributed by atoms with Crippen LogP contribution in [0.5, 0.6) is 0 Å². The van der Waals surface area contributed by atoms with Crippen molar-refractivity contribution in [2.24, 2.45) is 16.8 Å². The molecule has 2 aliphatic rings. The zero-order valence-electron chi connectivity index (χ0n) is 20.4. The van der Waals surface area contributed by atoms with E-state index in [0.717, 1.165) is 69.1 Å². The summed E-state index contributed by atoms with van der Waals surface area (Å²) in [6.07, 6.45) is 4.80. The van der Waals surface area contributed by atoms with Crippen LogP contribution in [0.4, 0.5) is 0 Å². The van der Waals surface area contributed by atoms with E-state index in [9.17, 15) is 0 Å². The molecule has 1 atom stereocenters. The van der Waals surface area contributed by atoms with Crippen LogP contribution in [0.15, 0.2) is 39.7 Å². The van der Waals surface area contributed by atoms with E-state index in [4.69, 9.17) is 9.41 Å². The van der Waals surface area contributed by atoms with E-state index in [0.29, 0.717) is 11.8 Å². The lowest BCUT2D eigenvalue weighted by Gasteiger charge is -2.30. The highest BCUT2D eigenvalue weighted by Crippen LogP contribution is 2.23. The van der Waals surface area contributed by atoms with E-state index in [1.807, 2.05) is 13.8 Å². The molecule has 2 aromatic rings. The first-order chi connectivity index (χ1) is 15.6. The molecule has 0 spiro atoms. The number of likely N-dealkylation sites (tertiary alicyclic amines) is 2. The van der Waals surface area contributed by atoms with Crippen molar-refractivity contribution in [2.75, 3.05) is 39.3 Å². The van der Waals surface area contributed by atoms with Gasteiger partial charge < -0.3 is 14.6 Å². The Hall–Kier alpha value is -1.61. The van der Waals surface area contributed by atoms with Gasteiger partial charge in [0.1, 0.15) is 5.76 Å². The fourth-order valence-electron chi connectivity index (χ4n) is 4.91. The van der Waals surface area contributed by atoms with Crippen LogP contribution in [0.3, 0.4) is 0 Å². The van der Waals surface area contributed by atoms with Gasteiger partial charge in [-0.2, -0.15) is 0 Å². The maximum atomic E-state index is 5.76. The number of nitrogens with one attached hydrogen (secondary N) is 1. The van der Waals surface area contributed by atoms with E-state index in [-0.39, 0.29) is 24.0 Å². The number of aryl methyl sites for hydroxylation is 2. The molecular weight excluding hydrogens is 525 g/mol. The summed E-state index contributed by atoms with van der Waals surface area (Å²) in [6.45, 7) is 13.2. The fourth-order valence-corrected chi connectivity index (χ4v) is 4.91. The number of halogens is 1. The summed E-state index contributed by atoms with van der Waals surface area (Å²) < 4.78 is 5.76. The molecule has 0 amide bonds. The molecule has 1 aromatic heterocycles. The number of oxazole rings is 1. The number of aromatic nitrogens is 1. The van der Waals surface area contributed by atoms with E-state index in [1.54, 1.807) is 0 Å². The molecule has 2 aliphatic heterocycles. The van der Waals surface area contributed by atoms with Gasteiger partial charge in [0, 0.05) is 26.2 Å². The monoisotopic (exact) mass is 565 g/mol. The van der Waals surface area contributed by atoms with Gasteiger partial charge in [-0.1, -0.05) is 30.3 Å². The van der Waals surface area contributed by atoms with Crippen LogP contribution in [0, 0.1) is 25.7 Å². The van der Waals surface area contributed by atoms with E-state index < -0.39 is 0 Å². The van der Waals surface area contributed by atoms with Crippen molar-refractivity contribution in [3.05, 3.63) is 53.2 Å². The average molecular weight is 566 g/mol. The Morgan fingerprint density at radius 3 is 2.48 bits per heavy atom. The number of nitrogens with zero attached hydrogens (tertiary/aromatic N) is 4. The molecule has 7 heteroatoms. The summed E-state index contributed by atoms with van der Waals surface area (Å²) in [5, 5.41) is 3.54. The topological polar surface area (TPSA) is 56.9 Å². The second-order valence-electron chi connectivity index (χ2n) is 9.45. The molecule has 1 aromatic carbocycles. The fraction of sp³-hybridized carbons (Fsp3) is 0.615. The van der Waals surface area contributed by atoms with Crippen LogP contribution in [-0.4, -0.2) is 60.0 Å². The number of piperidine rings is 1. The first-order valence-corrected chi connectivity index (χ1v) is 12.3. The Morgan fingerprint density at radius 1 is 1.09 bits per heavy atom. The SMILES string of the molecule is CCNC(=NCC1CCN(Cc2nc(C)c(C)o2)CC1)N1CCC(Cc2ccccc2)C1.I. The maximum absolute atomic E-state index is 5.76. The van der Waals surface area contributed by atoms with Crippen molar-refractivity contribution in [3.8, 4) is 0 Å². The van der Waals surface area contributed by atoms with Gasteiger partial charge in [0.15, 0.2) is 5.96 Å². The van der Waals surface area contributed by atoms with E-state index >= 15 is 0 Å². The van der Waals surface area contributed by atoms with Gasteiger partial charge in [0.25, 0.3) is 0 Å². The lowest BCUT2D eigenvalue weighted by Crippen LogP contribution is -2.41. The van der Waals surface area contributed by atoms with Gasteiger partial charge in [0.05, 0.1) is 12.2 Å². The molecular formula is C26H40IN5O. The van der Waals surface area contributed by atoms with E-state index in [1.165, 1.54) is 31.2 Å². The Kier molecular flexibility index (Phi) is 10.0. The second-order valence-corrected chi connectivity index (χ2v) is 9.45. The predicted molar refractivity (Wildman–Crippen MR) is 145 cm³/mol. The van der Waals surface area contributed by atoms with Crippen LogP contribution in [-0.2, 0) is 13.0 Å². The third kappa shape index (κ3) is 7.44. The molecule has 0 radical (unpaired) electrons. The molecule has 1 N–H and O–H groups in total. The van der Waals surface area contributed by atoms with Crippen molar-refractivity contribution in [3.63, 3.8) is 0 Å². The van der Waals surface area contributed by atoms with Crippen molar-refractivity contribution >= 4 is 29.9 Å². The summed E-state index contributed by atoms with van der Waals surface area (Å²) in [4.78, 5) is 14.5. The third-order valence-electron chi connectivity index (χ3n) is 6.93. The summed E-state index contributed by atoms with van der Waals surface area (Å²) in [5.74, 6) is 4.27. The average Bonchev–Trinajstić information content (AvgIpc) is 3.38. The van der Waals surface area contributed by atoms with Crippen LogP contribution in [0.2, 0.25) is 0 Å². The van der Waals surface area contributed by atoms with Crippen molar-refractivity contribution in [1.82, 2.24) is 20.1 Å². The number of hydrogen-bond donors (Lipinski definition) is 1. The van der Waals surface area contributed by atoms with Crippen LogP contribution >= 0.6 is 24.0 Å². The molecule has 2 fully saturated rings. The standard InChI is InChI=1S/C26H39N5O.HI/c1-4-27-26(31-15-12-24(18-31)16-22-8-6-5-7-9-22)28-17-23-10-13-30(14-11-23)19-25-29-20(2)21(3)32-25;/h5-9,23-24H,4,10-19H2,1-3H3,(H,27,28);1H. The normalized spacial score (nSPS) is 20.2. The molecule has 6 nitrogen and oxygen atoms in total. The lowest BCUT2D eigenvalue weighted by molar-refractivity contribution is 0.166. The van der Waals surface area contributed by atoms with Crippen molar-refractivity contribution in [1.29, 1.82) is 0 Å². The Labute approximate surface area is 216 Å². The minimum atomic E-state index is 0. The quantitative estimate of drug-likeness (QED) is 0.301. The smallest absolute Gasteiger partial charge is 0.208 e. The Balaban J connectivity index is 0.00000306. The van der Waals surface area contributed by atoms with Crippen LogP contribution in [0.25, 0.3) is 0 Å². The highest BCUT2D eigenvalue weighted by Gasteiger charge is 2.26. The third-order valence-corrected chi connectivity index (χ3v) is 6.93. The molecule has 0 bridgehead atoms. The zero-order chi connectivity index (χ0) is 22.3. The number of hydrogen-bond acceptors (Lipinski definition) is 4. The van der Waals surface area contributed by atoms with Gasteiger partial charge in [-0.15, -0.1) is 24.0 Å². The van der Waals surface area contributed by atoms with Gasteiger partial charge >= 0.3 is 0 Å². The number of guanidine groups is 1. The van der Waals surface area contributed by atoms with Crippen LogP contribution < -0.4 is 5.32 Å². The lowest BCUT2D eigenvalue weighted by atomic mass is 9.97. The molecule has 33 heavy (non-hydrogen) atoms. The minimum Gasteiger partial charge on any atom is -0.444 e. The highest BCUT2D eigenvalue weighted by atomic mass is 127. The Morgan fingerprint density at radius 2 is 1.82 bits per heavy atom. The van der Waals surface area contributed by atoms with Crippen molar-refractivity contribution < 1.29 is 4.42 Å². The molecule has 0 aliphatic carbocycles. The van der Waals surface area contributed by atoms with Crippen molar-refractivity contribution in [2.45, 2.75) is 53.0 Å². The molecule has 1 unspecified atom stereocenters. The summed E-state index contributed by atoms with van der Waals surface area (Å²) >= 11 is 0. The van der Waals surface area contributed by atoms with Gasteiger partial charge in [-0.05, 0) is 76.9 Å². The minimum absolute atomic E-state index is 0. The first kappa shape index (κ1) is 26.0. The number of aliphatic imine (C=N–C) groups is 1. The molecule has 0 saturated carbocycles. The summed E-state index contributed by atoms with van der Waals surface area (Å²) in [5.41, 5.74) is 2.45. The Bertz CT molecular complexity index is 857. The zero-order valence-corrected chi connectivity index (χ0v) is 22.8. The van der Waals surface area contributed by atoms with E-state index in [2.05, 4.69) is 57.4 Å². The highest BCUT2D eigenvalue weighted by molar-refractivity contribution is 14.0. The second kappa shape index (κ2) is 12.7. The maximum Gasteiger partial charge on any atom is 0.208 e. The molecule has 182 valence electrons. The first-order valence-electron chi connectivity index (χ1n) is 12.3. The van der Waals surface area contributed by atoms with Gasteiger partial charge in [0.2, 0.25) is 5.89 Å². The molecule has 4 rings (SSSR count). The predicted octanol–water partition coefficient (Wildman–Crippen LogP) is 4.65. The van der Waals surface area contributed by atoms with Gasteiger partial charge in [-0.25, -0.2) is 4.98 Å². The summed E-state index contributed by atoms with van der Waals surface area (Å²) in [6, 6.07) is 10.9. The number of rotatable bonds is 7. The van der Waals surface area contributed by atoms with Crippen LogP contribution in [0.1, 0.15) is 49.1 Å².